The number of imidazole rings is 1. The fraction of sp³-hybridized carbons (Fsp3) is 0.160. The summed E-state index contributed by atoms with van der Waals surface area (Å²) in [6, 6.07) is 13.8. The van der Waals surface area contributed by atoms with Crippen LogP contribution in [0.5, 0.6) is 0 Å². The lowest BCUT2D eigenvalue weighted by atomic mass is 10.0. The molecule has 0 spiro atoms. The molecule has 0 saturated carbocycles. The number of nitrogens with one attached hydrogen (secondary N) is 1. The molecule has 234 valence electrons. The molecule has 44 heavy (non-hydrogen) atoms. The number of carboxylic acids is 2. The zero-order chi connectivity index (χ0) is 33.0. The fourth-order valence-corrected chi connectivity index (χ4v) is 3.21. The van der Waals surface area contributed by atoms with Crippen LogP contribution < -0.4 is 0 Å². The van der Waals surface area contributed by atoms with Gasteiger partial charge in [-0.2, -0.15) is 39.5 Å². The van der Waals surface area contributed by atoms with Gasteiger partial charge in [0.15, 0.2) is 17.5 Å². The van der Waals surface area contributed by atoms with Crippen LogP contribution in [0.3, 0.4) is 0 Å². The van der Waals surface area contributed by atoms with Gasteiger partial charge in [0.05, 0.1) is 11.0 Å². The minimum absolute atomic E-state index is 0.303. The smallest absolute Gasteiger partial charge is 0.475 e. The fourth-order valence-electron chi connectivity index (χ4n) is 3.21. The Kier molecular flexibility index (Phi) is 9.52. The van der Waals surface area contributed by atoms with Crippen LogP contribution in [0.1, 0.15) is 11.7 Å². The second-order valence-corrected chi connectivity index (χ2v) is 8.36. The SMILES string of the molecule is O=C(O)C(F)(F)F.O=C(O)C(F)(F)F.OC(c1cncc(-c2ccc3nc(-c4nc5ccccc5[nH]4)oc3c2)c1)C(F)(F)F. The largest absolute Gasteiger partial charge is 0.490 e. The van der Waals surface area contributed by atoms with Crippen LogP contribution in [0, 0.1) is 0 Å². The van der Waals surface area contributed by atoms with Gasteiger partial charge in [0, 0.05) is 23.5 Å². The van der Waals surface area contributed by atoms with Gasteiger partial charge < -0.3 is 24.7 Å². The maximum absolute atomic E-state index is 12.8. The first kappa shape index (κ1) is 33.3. The van der Waals surface area contributed by atoms with Gasteiger partial charge in [0.2, 0.25) is 0 Å². The highest BCUT2D eigenvalue weighted by Crippen LogP contribution is 2.34. The van der Waals surface area contributed by atoms with Crippen LogP contribution in [-0.2, 0) is 9.59 Å². The number of aromatic amines is 1. The van der Waals surface area contributed by atoms with E-state index in [4.69, 9.17) is 24.2 Å². The maximum Gasteiger partial charge on any atom is 0.490 e. The maximum atomic E-state index is 12.8. The molecule has 0 bridgehead atoms. The highest BCUT2D eigenvalue weighted by Gasteiger charge is 2.40. The van der Waals surface area contributed by atoms with Crippen molar-refractivity contribution >= 4 is 34.1 Å². The second-order valence-electron chi connectivity index (χ2n) is 8.36. The Labute approximate surface area is 237 Å². The lowest BCUT2D eigenvalue weighted by Crippen LogP contribution is -2.21. The van der Waals surface area contributed by atoms with E-state index in [-0.39, 0.29) is 5.56 Å². The number of para-hydroxylation sites is 2. The topological polar surface area (TPSA) is 162 Å². The molecule has 2 aromatic carbocycles. The third-order valence-electron chi connectivity index (χ3n) is 5.18. The van der Waals surface area contributed by atoms with Crippen molar-refractivity contribution in [1.29, 1.82) is 0 Å². The number of benzene rings is 2. The zero-order valence-electron chi connectivity index (χ0n) is 21.2. The van der Waals surface area contributed by atoms with E-state index < -0.39 is 36.6 Å². The molecular weight excluding hydrogens is 623 g/mol. The molecule has 0 saturated heterocycles. The Morgan fingerprint density at radius 2 is 1.36 bits per heavy atom. The number of aliphatic carboxylic acids is 2. The van der Waals surface area contributed by atoms with Crippen molar-refractivity contribution in [1.82, 2.24) is 19.9 Å². The number of pyridine rings is 1. The van der Waals surface area contributed by atoms with Gasteiger partial charge in [-0.3, -0.25) is 4.98 Å². The number of nitrogens with zero attached hydrogens (tertiary/aromatic N) is 3. The number of oxazole rings is 1. The molecule has 5 aromatic rings. The van der Waals surface area contributed by atoms with Crippen molar-refractivity contribution in [3.8, 4) is 22.8 Å². The van der Waals surface area contributed by atoms with Crippen molar-refractivity contribution in [2.24, 2.45) is 0 Å². The minimum Gasteiger partial charge on any atom is -0.475 e. The molecule has 5 rings (SSSR count). The monoisotopic (exact) mass is 638 g/mol. The van der Waals surface area contributed by atoms with Crippen molar-refractivity contribution in [2.45, 2.75) is 24.6 Å². The quantitative estimate of drug-likeness (QED) is 0.166. The summed E-state index contributed by atoms with van der Waals surface area (Å²) in [4.78, 5) is 33.6. The van der Waals surface area contributed by atoms with Crippen LogP contribution in [-0.4, -0.2) is 65.7 Å². The molecule has 0 aliphatic carbocycles. The number of fused-ring (bicyclic) bond motifs is 2. The molecule has 0 amide bonds. The van der Waals surface area contributed by atoms with Gasteiger partial charge in [-0.15, -0.1) is 0 Å². The third kappa shape index (κ3) is 8.43. The lowest BCUT2D eigenvalue weighted by molar-refractivity contribution is -0.206. The number of H-pyrrole nitrogens is 1. The van der Waals surface area contributed by atoms with Crippen LogP contribution in [0.4, 0.5) is 39.5 Å². The van der Waals surface area contributed by atoms with Crippen molar-refractivity contribution < 1.29 is 68.8 Å². The highest BCUT2D eigenvalue weighted by atomic mass is 19.4. The molecule has 3 aromatic heterocycles. The lowest BCUT2D eigenvalue weighted by Gasteiger charge is -2.15. The molecule has 0 fully saturated rings. The van der Waals surface area contributed by atoms with Crippen LogP contribution in [0.25, 0.3) is 45.0 Å². The molecule has 4 N–H and O–H groups in total. The first-order valence-corrected chi connectivity index (χ1v) is 11.4. The van der Waals surface area contributed by atoms with Crippen molar-refractivity contribution in [3.63, 3.8) is 0 Å². The van der Waals surface area contributed by atoms with E-state index in [1.54, 1.807) is 18.2 Å². The first-order chi connectivity index (χ1) is 20.3. The van der Waals surface area contributed by atoms with Crippen LogP contribution >= 0.6 is 0 Å². The second kappa shape index (κ2) is 12.6. The summed E-state index contributed by atoms with van der Waals surface area (Å²) in [7, 11) is 0. The van der Waals surface area contributed by atoms with E-state index in [1.165, 1.54) is 12.3 Å². The minimum atomic E-state index is -5.08. The molecule has 19 heteroatoms. The Morgan fingerprint density at radius 3 is 1.91 bits per heavy atom. The van der Waals surface area contributed by atoms with Gasteiger partial charge in [0.1, 0.15) is 5.52 Å². The predicted molar refractivity (Wildman–Crippen MR) is 131 cm³/mol. The van der Waals surface area contributed by atoms with Gasteiger partial charge in [-0.1, -0.05) is 18.2 Å². The summed E-state index contributed by atoms with van der Waals surface area (Å²) in [5.41, 5.74) is 3.32. The zero-order valence-corrected chi connectivity index (χ0v) is 21.2. The van der Waals surface area contributed by atoms with Crippen molar-refractivity contribution in [3.05, 3.63) is 66.5 Å². The normalized spacial score (nSPS) is 12.6. The van der Waals surface area contributed by atoms with Crippen LogP contribution in [0.15, 0.2) is 65.3 Å². The Bertz CT molecular complexity index is 1720. The number of rotatable bonds is 3. The average Bonchev–Trinajstić information content (AvgIpc) is 3.56. The summed E-state index contributed by atoms with van der Waals surface area (Å²) < 4.78 is 108. The summed E-state index contributed by atoms with van der Waals surface area (Å²) in [6.45, 7) is 0. The molecular formula is C25H15F9N4O6. The molecule has 0 aliphatic rings. The van der Waals surface area contributed by atoms with Crippen molar-refractivity contribution in [2.75, 3.05) is 0 Å². The number of aliphatic hydroxyl groups is 1. The molecule has 1 unspecified atom stereocenters. The Morgan fingerprint density at radius 1 is 0.773 bits per heavy atom. The van der Waals surface area contributed by atoms with Gasteiger partial charge >= 0.3 is 30.5 Å². The number of aliphatic hydroxyl groups excluding tert-OH is 1. The van der Waals surface area contributed by atoms with Crippen LogP contribution in [0.2, 0.25) is 0 Å². The van der Waals surface area contributed by atoms with E-state index in [2.05, 4.69) is 19.9 Å². The highest BCUT2D eigenvalue weighted by molar-refractivity contribution is 5.83. The van der Waals surface area contributed by atoms with E-state index in [0.717, 1.165) is 17.2 Å². The first-order valence-electron chi connectivity index (χ1n) is 11.4. The number of aromatic nitrogens is 4. The summed E-state index contributed by atoms with van der Waals surface area (Å²) in [5.74, 6) is -4.73. The third-order valence-corrected chi connectivity index (χ3v) is 5.18. The Hall–Kier alpha value is -5.20. The molecule has 0 aliphatic heterocycles. The molecule has 10 nitrogen and oxygen atoms in total. The van der Waals surface area contributed by atoms with E-state index in [0.29, 0.717) is 33.9 Å². The number of carboxylic acid groups (broad SMARTS) is 2. The summed E-state index contributed by atoms with van der Waals surface area (Å²) in [6.07, 6.45) is -15.1. The number of hydrogen-bond donors (Lipinski definition) is 4. The van der Waals surface area contributed by atoms with Gasteiger partial charge in [-0.25, -0.2) is 19.6 Å². The predicted octanol–water partition coefficient (Wildman–Crippen LogP) is 6.30. The molecule has 0 radical (unpaired) electrons. The molecule has 3 heterocycles. The summed E-state index contributed by atoms with van der Waals surface area (Å²) >= 11 is 0. The Balaban J connectivity index is 0.000000317. The number of halogens is 9. The van der Waals surface area contributed by atoms with Gasteiger partial charge in [0.25, 0.3) is 5.89 Å². The standard InChI is InChI=1S/C21H13F3N4O2.2C2HF3O2/c22-21(23,24)18(29)13-7-12(9-25-10-13)11-5-6-16-17(8-11)30-20(28-16)19-26-14-3-1-2-4-15(14)27-19;2*3-2(4,5)1(6)7/h1-10,18,29H,(H,26,27);2*(H,6,7). The molecule has 1 atom stereocenters. The van der Waals surface area contributed by atoms with E-state index >= 15 is 0 Å². The van der Waals surface area contributed by atoms with Gasteiger partial charge in [-0.05, 0) is 35.9 Å². The average molecular weight is 638 g/mol. The van der Waals surface area contributed by atoms with E-state index in [9.17, 15) is 44.6 Å². The van der Waals surface area contributed by atoms with E-state index in [1.807, 2.05) is 24.3 Å². The number of alkyl halides is 9. The number of hydrogen-bond acceptors (Lipinski definition) is 7. The number of carbonyl (C=O) groups is 2. The summed E-state index contributed by atoms with van der Waals surface area (Å²) in [5, 5.41) is 23.7.